The standard InChI is InChI=1S/C15H15BrN2O/c16-12-7-4-8-13(10-12)18-14(15(17)19)9-11-5-2-1-3-6-11/h1-8,10,14,18H,9H2,(H2,17,19). The fourth-order valence-corrected chi connectivity index (χ4v) is 2.25. The van der Waals surface area contributed by atoms with E-state index < -0.39 is 6.04 Å². The first-order chi connectivity index (χ1) is 9.15. The first-order valence-corrected chi connectivity index (χ1v) is 6.80. The Morgan fingerprint density at radius 2 is 1.89 bits per heavy atom. The lowest BCUT2D eigenvalue weighted by molar-refractivity contribution is -0.118. The molecule has 2 aromatic rings. The van der Waals surface area contributed by atoms with Crippen LogP contribution in [0.2, 0.25) is 0 Å². The van der Waals surface area contributed by atoms with Crippen molar-refractivity contribution in [1.29, 1.82) is 0 Å². The van der Waals surface area contributed by atoms with Crippen LogP contribution in [-0.2, 0) is 11.2 Å². The molecule has 0 aliphatic heterocycles. The number of carbonyl (C=O) groups is 1. The highest BCUT2D eigenvalue weighted by molar-refractivity contribution is 9.10. The summed E-state index contributed by atoms with van der Waals surface area (Å²) < 4.78 is 0.959. The van der Waals surface area contributed by atoms with Crippen LogP contribution in [0.4, 0.5) is 5.69 Å². The van der Waals surface area contributed by atoms with Gasteiger partial charge < -0.3 is 11.1 Å². The number of amides is 1. The lowest BCUT2D eigenvalue weighted by Gasteiger charge is -2.17. The molecule has 0 saturated heterocycles. The van der Waals surface area contributed by atoms with Gasteiger partial charge in [0.15, 0.2) is 0 Å². The van der Waals surface area contributed by atoms with Crippen LogP contribution in [0.5, 0.6) is 0 Å². The summed E-state index contributed by atoms with van der Waals surface area (Å²) >= 11 is 3.40. The molecule has 98 valence electrons. The van der Waals surface area contributed by atoms with Crippen molar-refractivity contribution in [1.82, 2.24) is 0 Å². The number of halogens is 1. The zero-order valence-electron chi connectivity index (χ0n) is 10.3. The van der Waals surface area contributed by atoms with Crippen molar-refractivity contribution in [2.75, 3.05) is 5.32 Å². The third kappa shape index (κ3) is 4.10. The summed E-state index contributed by atoms with van der Waals surface area (Å²) in [5, 5.41) is 3.16. The van der Waals surface area contributed by atoms with Crippen LogP contribution in [0.15, 0.2) is 59.1 Å². The molecule has 2 aromatic carbocycles. The van der Waals surface area contributed by atoms with Crippen LogP contribution >= 0.6 is 15.9 Å². The van der Waals surface area contributed by atoms with Crippen molar-refractivity contribution in [3.05, 3.63) is 64.6 Å². The molecule has 3 N–H and O–H groups in total. The summed E-state index contributed by atoms with van der Waals surface area (Å²) in [7, 11) is 0. The Kier molecular flexibility index (Phi) is 4.58. The number of hydrogen-bond acceptors (Lipinski definition) is 2. The summed E-state index contributed by atoms with van der Waals surface area (Å²) in [5.41, 5.74) is 7.40. The van der Waals surface area contributed by atoms with Gasteiger partial charge in [0, 0.05) is 16.6 Å². The monoisotopic (exact) mass is 318 g/mol. The highest BCUT2D eigenvalue weighted by Gasteiger charge is 2.15. The van der Waals surface area contributed by atoms with E-state index in [1.54, 1.807) is 0 Å². The van der Waals surface area contributed by atoms with Crippen LogP contribution in [0.25, 0.3) is 0 Å². The molecule has 0 heterocycles. The highest BCUT2D eigenvalue weighted by atomic mass is 79.9. The molecule has 0 aromatic heterocycles. The van der Waals surface area contributed by atoms with E-state index in [2.05, 4.69) is 21.2 Å². The molecule has 1 amide bonds. The molecular weight excluding hydrogens is 304 g/mol. The van der Waals surface area contributed by atoms with Gasteiger partial charge in [-0.25, -0.2) is 0 Å². The molecule has 0 bridgehead atoms. The second-order valence-corrected chi connectivity index (χ2v) is 5.22. The van der Waals surface area contributed by atoms with Crippen LogP contribution in [0.3, 0.4) is 0 Å². The highest BCUT2D eigenvalue weighted by Crippen LogP contribution is 2.17. The molecular formula is C15H15BrN2O. The summed E-state index contributed by atoms with van der Waals surface area (Å²) in [4.78, 5) is 11.5. The summed E-state index contributed by atoms with van der Waals surface area (Å²) in [6.45, 7) is 0. The lowest BCUT2D eigenvalue weighted by Crippen LogP contribution is -2.37. The maximum absolute atomic E-state index is 11.5. The Morgan fingerprint density at radius 1 is 1.16 bits per heavy atom. The van der Waals surface area contributed by atoms with Gasteiger partial charge >= 0.3 is 0 Å². The van der Waals surface area contributed by atoms with Crippen molar-refractivity contribution in [2.24, 2.45) is 5.73 Å². The Hall–Kier alpha value is -1.81. The first-order valence-electron chi connectivity index (χ1n) is 6.00. The maximum atomic E-state index is 11.5. The predicted octanol–water partition coefficient (Wildman–Crippen LogP) is 2.96. The van der Waals surface area contributed by atoms with Gasteiger partial charge in [0.25, 0.3) is 0 Å². The number of carbonyl (C=O) groups excluding carboxylic acids is 1. The van der Waals surface area contributed by atoms with E-state index in [1.165, 1.54) is 0 Å². The van der Waals surface area contributed by atoms with Crippen LogP contribution in [0, 0.1) is 0 Å². The van der Waals surface area contributed by atoms with Gasteiger partial charge in [0.05, 0.1) is 0 Å². The van der Waals surface area contributed by atoms with Crippen molar-refractivity contribution < 1.29 is 4.79 Å². The minimum absolute atomic E-state index is 0.358. The summed E-state index contributed by atoms with van der Waals surface area (Å²) in [6.07, 6.45) is 0.572. The molecule has 3 nitrogen and oxygen atoms in total. The van der Waals surface area contributed by atoms with Gasteiger partial charge in [-0.1, -0.05) is 52.3 Å². The van der Waals surface area contributed by atoms with E-state index in [0.717, 1.165) is 15.7 Å². The van der Waals surface area contributed by atoms with E-state index in [-0.39, 0.29) is 5.91 Å². The summed E-state index contributed by atoms with van der Waals surface area (Å²) in [5.74, 6) is -0.358. The molecule has 2 rings (SSSR count). The van der Waals surface area contributed by atoms with Crippen molar-refractivity contribution in [2.45, 2.75) is 12.5 Å². The van der Waals surface area contributed by atoms with Crippen LogP contribution in [0.1, 0.15) is 5.56 Å². The SMILES string of the molecule is NC(=O)C(Cc1ccccc1)Nc1cccc(Br)c1. The molecule has 0 radical (unpaired) electrons. The van der Waals surface area contributed by atoms with E-state index in [1.807, 2.05) is 54.6 Å². The van der Waals surface area contributed by atoms with E-state index in [0.29, 0.717) is 6.42 Å². The average molecular weight is 319 g/mol. The number of primary amides is 1. The quantitative estimate of drug-likeness (QED) is 0.890. The van der Waals surface area contributed by atoms with Crippen molar-refractivity contribution >= 4 is 27.5 Å². The van der Waals surface area contributed by atoms with Gasteiger partial charge in [-0.3, -0.25) is 4.79 Å². The number of rotatable bonds is 5. The third-order valence-corrected chi connectivity index (χ3v) is 3.28. The topological polar surface area (TPSA) is 55.1 Å². The minimum Gasteiger partial charge on any atom is -0.373 e. The Balaban J connectivity index is 2.11. The molecule has 1 atom stereocenters. The number of benzene rings is 2. The number of anilines is 1. The third-order valence-electron chi connectivity index (χ3n) is 2.79. The molecule has 0 spiro atoms. The molecule has 0 aliphatic carbocycles. The molecule has 0 fully saturated rings. The number of nitrogens with one attached hydrogen (secondary N) is 1. The molecule has 1 unspecified atom stereocenters. The minimum atomic E-state index is -0.420. The Labute approximate surface area is 121 Å². The van der Waals surface area contributed by atoms with Gasteiger partial charge in [-0.05, 0) is 23.8 Å². The molecule has 0 aliphatic rings. The molecule has 4 heteroatoms. The molecule has 19 heavy (non-hydrogen) atoms. The fourth-order valence-electron chi connectivity index (χ4n) is 1.85. The smallest absolute Gasteiger partial charge is 0.240 e. The van der Waals surface area contributed by atoms with E-state index in [9.17, 15) is 4.79 Å². The second kappa shape index (κ2) is 6.38. The van der Waals surface area contributed by atoms with Gasteiger partial charge in [-0.15, -0.1) is 0 Å². The van der Waals surface area contributed by atoms with E-state index in [4.69, 9.17) is 5.73 Å². The zero-order valence-corrected chi connectivity index (χ0v) is 11.9. The van der Waals surface area contributed by atoms with Crippen molar-refractivity contribution in [3.63, 3.8) is 0 Å². The van der Waals surface area contributed by atoms with Crippen LogP contribution < -0.4 is 11.1 Å². The van der Waals surface area contributed by atoms with Crippen molar-refractivity contribution in [3.8, 4) is 0 Å². The predicted molar refractivity (Wildman–Crippen MR) is 80.9 cm³/mol. The van der Waals surface area contributed by atoms with E-state index >= 15 is 0 Å². The van der Waals surface area contributed by atoms with Gasteiger partial charge in [0.2, 0.25) is 5.91 Å². The fraction of sp³-hybridized carbons (Fsp3) is 0.133. The normalized spacial score (nSPS) is 11.8. The second-order valence-electron chi connectivity index (χ2n) is 4.30. The number of hydrogen-bond donors (Lipinski definition) is 2. The zero-order chi connectivity index (χ0) is 13.7. The van der Waals surface area contributed by atoms with Gasteiger partial charge in [-0.2, -0.15) is 0 Å². The largest absolute Gasteiger partial charge is 0.373 e. The first kappa shape index (κ1) is 13.6. The van der Waals surface area contributed by atoms with Gasteiger partial charge in [0.1, 0.15) is 6.04 Å². The molecule has 0 saturated carbocycles. The van der Waals surface area contributed by atoms with Crippen LogP contribution in [-0.4, -0.2) is 11.9 Å². The lowest BCUT2D eigenvalue weighted by atomic mass is 10.1. The Bertz CT molecular complexity index is 557. The summed E-state index contributed by atoms with van der Waals surface area (Å²) in [6, 6.07) is 17.1. The maximum Gasteiger partial charge on any atom is 0.240 e. The number of nitrogens with two attached hydrogens (primary N) is 1. The Morgan fingerprint density at radius 3 is 2.53 bits per heavy atom. The average Bonchev–Trinajstić information content (AvgIpc) is 2.39.